The van der Waals surface area contributed by atoms with E-state index in [0.717, 1.165) is 27.6 Å². The first-order valence-electron chi connectivity index (χ1n) is 8.69. The molecule has 3 aromatic rings. The van der Waals surface area contributed by atoms with Crippen molar-refractivity contribution in [3.63, 3.8) is 0 Å². The second-order valence-corrected chi connectivity index (χ2v) is 12.8. The van der Waals surface area contributed by atoms with Gasteiger partial charge in [0.25, 0.3) is 0 Å². The number of aromatic hydroxyl groups is 1. The highest BCUT2D eigenvalue weighted by Gasteiger charge is 2.38. The molecule has 25 heavy (non-hydrogen) atoms. The minimum absolute atomic E-state index is 0.166. The van der Waals surface area contributed by atoms with Crippen LogP contribution in [0.4, 0.5) is 0 Å². The molecule has 3 heteroatoms. The van der Waals surface area contributed by atoms with Crippen LogP contribution in [0.2, 0.25) is 18.1 Å². The lowest BCUT2D eigenvalue weighted by Gasteiger charge is -2.36. The molecule has 2 nitrogen and oxygen atoms in total. The number of fused-ring (bicyclic) bond motifs is 1. The fraction of sp³-hybridized carbons (Fsp3) is 0.273. The molecule has 0 aliphatic heterocycles. The zero-order chi connectivity index (χ0) is 18.2. The smallest absolute Gasteiger partial charge is 0.250 e. The Balaban J connectivity index is 1.98. The van der Waals surface area contributed by atoms with Gasteiger partial charge < -0.3 is 9.53 Å². The van der Waals surface area contributed by atoms with Gasteiger partial charge in [0, 0.05) is 5.56 Å². The van der Waals surface area contributed by atoms with E-state index in [0.29, 0.717) is 5.75 Å². The third kappa shape index (κ3) is 3.42. The largest absolute Gasteiger partial charge is 0.544 e. The van der Waals surface area contributed by atoms with Crippen molar-refractivity contribution in [2.45, 2.75) is 38.9 Å². The van der Waals surface area contributed by atoms with Crippen molar-refractivity contribution in [1.82, 2.24) is 0 Å². The predicted molar refractivity (Wildman–Crippen MR) is 109 cm³/mol. The monoisotopic (exact) mass is 350 g/mol. The SMILES string of the molecule is CC(C)(C)[Si](C)(C)Oc1ccc(-c2c(O)ccc3ccccc23)cc1. The number of phenols is 1. The maximum absolute atomic E-state index is 10.4. The molecule has 0 saturated heterocycles. The van der Waals surface area contributed by atoms with Crippen LogP contribution in [-0.2, 0) is 0 Å². The fourth-order valence-corrected chi connectivity index (χ4v) is 3.73. The van der Waals surface area contributed by atoms with Crippen LogP contribution in [0.3, 0.4) is 0 Å². The Morgan fingerprint density at radius 3 is 2.12 bits per heavy atom. The van der Waals surface area contributed by atoms with Crippen molar-refractivity contribution in [3.05, 3.63) is 60.7 Å². The van der Waals surface area contributed by atoms with Crippen molar-refractivity contribution in [2.24, 2.45) is 0 Å². The molecule has 0 unspecified atom stereocenters. The summed E-state index contributed by atoms with van der Waals surface area (Å²) in [7, 11) is -1.85. The van der Waals surface area contributed by atoms with Crippen molar-refractivity contribution < 1.29 is 9.53 Å². The molecule has 0 saturated carbocycles. The van der Waals surface area contributed by atoms with Crippen molar-refractivity contribution >= 4 is 19.1 Å². The van der Waals surface area contributed by atoms with Crippen LogP contribution in [0, 0.1) is 0 Å². The fourth-order valence-electron chi connectivity index (χ4n) is 2.70. The number of benzene rings is 3. The summed E-state index contributed by atoms with van der Waals surface area (Å²) in [6.45, 7) is 11.2. The van der Waals surface area contributed by atoms with Gasteiger partial charge in [-0.15, -0.1) is 0 Å². The number of phenolic OH excluding ortho intramolecular Hbond substituents is 1. The Morgan fingerprint density at radius 2 is 1.48 bits per heavy atom. The Labute approximate surface area is 151 Å². The standard InChI is InChI=1S/C22H26O2Si/c1-22(2,3)25(4,5)24-18-13-10-17(11-14-18)21-19-9-7-6-8-16(19)12-15-20(21)23/h6-15,23H,1-5H3. The summed E-state index contributed by atoms with van der Waals surface area (Å²) < 4.78 is 6.35. The van der Waals surface area contributed by atoms with Gasteiger partial charge in [-0.25, -0.2) is 0 Å². The highest BCUT2D eigenvalue weighted by molar-refractivity contribution is 6.74. The predicted octanol–water partition coefficient (Wildman–Crippen LogP) is 6.60. The van der Waals surface area contributed by atoms with E-state index >= 15 is 0 Å². The summed E-state index contributed by atoms with van der Waals surface area (Å²) in [6, 6.07) is 19.9. The molecule has 1 N–H and O–H groups in total. The first-order chi connectivity index (χ1) is 11.7. The quantitative estimate of drug-likeness (QED) is 0.539. The lowest BCUT2D eigenvalue weighted by Crippen LogP contribution is -2.43. The topological polar surface area (TPSA) is 29.5 Å². The van der Waals surface area contributed by atoms with Crippen LogP contribution in [-0.4, -0.2) is 13.4 Å². The van der Waals surface area contributed by atoms with Crippen LogP contribution >= 0.6 is 0 Å². The normalized spacial score (nSPS) is 12.4. The highest BCUT2D eigenvalue weighted by Crippen LogP contribution is 2.39. The van der Waals surface area contributed by atoms with Crippen molar-refractivity contribution in [1.29, 1.82) is 0 Å². The lowest BCUT2D eigenvalue weighted by atomic mass is 9.97. The van der Waals surface area contributed by atoms with Crippen molar-refractivity contribution in [3.8, 4) is 22.6 Å². The third-order valence-electron chi connectivity index (χ3n) is 5.23. The van der Waals surface area contributed by atoms with Gasteiger partial charge in [0.1, 0.15) is 11.5 Å². The molecule has 0 radical (unpaired) electrons. The van der Waals surface area contributed by atoms with Gasteiger partial charge in [-0.1, -0.05) is 63.2 Å². The van der Waals surface area contributed by atoms with Crippen LogP contribution in [0.5, 0.6) is 11.5 Å². The van der Waals surface area contributed by atoms with Gasteiger partial charge >= 0.3 is 0 Å². The minimum Gasteiger partial charge on any atom is -0.544 e. The molecular weight excluding hydrogens is 324 g/mol. The third-order valence-corrected chi connectivity index (χ3v) is 9.59. The Hall–Kier alpha value is -2.26. The summed E-state index contributed by atoms with van der Waals surface area (Å²) in [5.74, 6) is 1.20. The molecule has 0 heterocycles. The van der Waals surface area contributed by atoms with Crippen LogP contribution < -0.4 is 4.43 Å². The zero-order valence-corrected chi connectivity index (χ0v) is 16.6. The zero-order valence-electron chi connectivity index (χ0n) is 15.6. The molecule has 0 aliphatic carbocycles. The Kier molecular flexibility index (Phi) is 4.37. The summed E-state index contributed by atoms with van der Waals surface area (Å²) in [5.41, 5.74) is 1.87. The maximum atomic E-state index is 10.4. The first kappa shape index (κ1) is 17.6. The van der Waals surface area contributed by atoms with E-state index in [4.69, 9.17) is 4.43 Å². The summed E-state index contributed by atoms with van der Waals surface area (Å²) >= 11 is 0. The van der Waals surface area contributed by atoms with E-state index in [-0.39, 0.29) is 5.04 Å². The van der Waals surface area contributed by atoms with Gasteiger partial charge in [-0.05, 0) is 52.7 Å². The van der Waals surface area contributed by atoms with Crippen LogP contribution in [0.1, 0.15) is 20.8 Å². The molecule has 0 bridgehead atoms. The molecule has 0 amide bonds. The van der Waals surface area contributed by atoms with Gasteiger partial charge in [-0.3, -0.25) is 0 Å². The lowest BCUT2D eigenvalue weighted by molar-refractivity contribution is 0.478. The van der Waals surface area contributed by atoms with E-state index in [1.165, 1.54) is 0 Å². The van der Waals surface area contributed by atoms with Crippen LogP contribution in [0.15, 0.2) is 60.7 Å². The summed E-state index contributed by atoms with van der Waals surface area (Å²) in [5, 5.41) is 12.7. The van der Waals surface area contributed by atoms with Gasteiger partial charge in [0.05, 0.1) is 0 Å². The molecule has 0 fully saturated rings. The summed E-state index contributed by atoms with van der Waals surface area (Å²) in [6.07, 6.45) is 0. The molecule has 0 aromatic heterocycles. The molecule has 130 valence electrons. The van der Waals surface area contributed by atoms with E-state index in [1.54, 1.807) is 6.07 Å². The number of hydrogen-bond acceptors (Lipinski definition) is 2. The van der Waals surface area contributed by atoms with Crippen LogP contribution in [0.25, 0.3) is 21.9 Å². The number of rotatable bonds is 3. The molecule has 0 atom stereocenters. The van der Waals surface area contributed by atoms with Gasteiger partial charge in [0.15, 0.2) is 0 Å². The van der Waals surface area contributed by atoms with E-state index < -0.39 is 8.32 Å². The molecule has 3 rings (SSSR count). The Morgan fingerprint density at radius 1 is 0.840 bits per heavy atom. The average Bonchev–Trinajstić information content (AvgIpc) is 2.54. The van der Waals surface area contributed by atoms with Gasteiger partial charge in [-0.2, -0.15) is 0 Å². The number of hydrogen-bond donors (Lipinski definition) is 1. The summed E-state index contributed by atoms with van der Waals surface area (Å²) in [4.78, 5) is 0. The maximum Gasteiger partial charge on any atom is 0.250 e. The van der Waals surface area contributed by atoms with Crippen molar-refractivity contribution in [2.75, 3.05) is 0 Å². The van der Waals surface area contributed by atoms with E-state index in [1.807, 2.05) is 48.5 Å². The average molecular weight is 351 g/mol. The Bertz CT molecular complexity index is 890. The second kappa shape index (κ2) is 6.23. The molecule has 3 aromatic carbocycles. The van der Waals surface area contributed by atoms with E-state index in [9.17, 15) is 5.11 Å². The first-order valence-corrected chi connectivity index (χ1v) is 11.6. The van der Waals surface area contributed by atoms with Gasteiger partial charge in [0.2, 0.25) is 8.32 Å². The molecule has 0 aliphatic rings. The second-order valence-electron chi connectivity index (χ2n) is 8.07. The molecular formula is C22H26O2Si. The highest BCUT2D eigenvalue weighted by atomic mass is 28.4. The van der Waals surface area contributed by atoms with E-state index in [2.05, 4.69) is 39.9 Å². The minimum atomic E-state index is -1.85. The molecule has 0 spiro atoms.